The van der Waals surface area contributed by atoms with Crippen molar-refractivity contribution in [2.45, 2.75) is 40.0 Å². The lowest BCUT2D eigenvalue weighted by atomic mass is 9.95. The van der Waals surface area contributed by atoms with Gasteiger partial charge < -0.3 is 10.1 Å². The minimum absolute atomic E-state index is 0.280. The fraction of sp³-hybridized carbons (Fsp3) is 0.206. The third-order valence-corrected chi connectivity index (χ3v) is 8.23. The largest absolute Gasteiger partial charge is 0.494 e. The number of nitrogens with one attached hydrogen (secondary N) is 1. The number of carbonyl (C=O) groups excluding carboxylic acids is 1. The molecule has 3 aromatic carbocycles. The zero-order valence-electron chi connectivity index (χ0n) is 23.1. The fourth-order valence-corrected chi connectivity index (χ4v) is 5.92. The van der Waals surface area contributed by atoms with Gasteiger partial charge in [-0.05, 0) is 61.6 Å². The molecular weight excluding hydrogens is 514 g/mol. The molecule has 0 spiro atoms. The van der Waals surface area contributed by atoms with Crippen LogP contribution in [0.25, 0.3) is 33.3 Å². The number of aryl methyl sites for hydroxylation is 1. The Hall–Kier alpha value is -4.47. The van der Waals surface area contributed by atoms with Crippen molar-refractivity contribution in [1.82, 2.24) is 4.98 Å². The van der Waals surface area contributed by atoms with Crippen molar-refractivity contribution >= 4 is 33.1 Å². The number of nitriles is 1. The Morgan fingerprint density at radius 2 is 1.80 bits per heavy atom. The number of hydrogen-bond acceptors (Lipinski definition) is 5. The first-order valence-corrected chi connectivity index (χ1v) is 14.3. The molecule has 0 aliphatic carbocycles. The van der Waals surface area contributed by atoms with Crippen molar-refractivity contribution in [3.8, 4) is 34.2 Å². The molecule has 40 heavy (non-hydrogen) atoms. The second-order valence-electron chi connectivity index (χ2n) is 9.77. The normalized spacial score (nSPS) is 11.7. The quantitative estimate of drug-likeness (QED) is 0.211. The number of hydrogen-bond donors (Lipinski definition) is 1. The molecule has 6 heteroatoms. The number of pyridine rings is 1. The summed E-state index contributed by atoms with van der Waals surface area (Å²) in [7, 11) is 0. The molecular formula is C34H31N3O2S. The Morgan fingerprint density at radius 3 is 2.52 bits per heavy atom. The van der Waals surface area contributed by atoms with Gasteiger partial charge in [-0.3, -0.25) is 4.79 Å². The Labute approximate surface area is 239 Å². The highest BCUT2D eigenvalue weighted by Gasteiger charge is 2.21. The molecule has 0 fully saturated rings. The number of carbonyl (C=O) groups is 1. The highest BCUT2D eigenvalue weighted by molar-refractivity contribution is 7.17. The van der Waals surface area contributed by atoms with Gasteiger partial charge in [0.25, 0.3) is 5.91 Å². The summed E-state index contributed by atoms with van der Waals surface area (Å²) in [6, 6.07) is 27.9. The van der Waals surface area contributed by atoms with E-state index in [9.17, 15) is 10.1 Å². The van der Waals surface area contributed by atoms with Crippen molar-refractivity contribution in [3.63, 3.8) is 0 Å². The van der Waals surface area contributed by atoms with Gasteiger partial charge in [-0.15, -0.1) is 11.3 Å². The van der Waals surface area contributed by atoms with Crippen molar-refractivity contribution in [3.05, 3.63) is 100 Å². The van der Waals surface area contributed by atoms with E-state index in [1.807, 2.05) is 68.4 Å². The summed E-state index contributed by atoms with van der Waals surface area (Å²) >= 11 is 1.43. The number of nitrogens with zero attached hydrogens (tertiary/aromatic N) is 2. The second-order valence-corrected chi connectivity index (χ2v) is 11.0. The average Bonchev–Trinajstić information content (AvgIpc) is 3.30. The van der Waals surface area contributed by atoms with Crippen LogP contribution in [0.4, 0.5) is 5.00 Å². The lowest BCUT2D eigenvalue weighted by Crippen LogP contribution is -2.13. The molecule has 200 valence electrons. The van der Waals surface area contributed by atoms with E-state index in [1.165, 1.54) is 16.9 Å². The van der Waals surface area contributed by atoms with Crippen molar-refractivity contribution in [2.75, 3.05) is 11.9 Å². The highest BCUT2D eigenvalue weighted by atomic mass is 32.1. The molecule has 5 rings (SSSR count). The molecule has 1 atom stereocenters. The molecule has 1 amide bonds. The van der Waals surface area contributed by atoms with Crippen molar-refractivity contribution in [1.29, 1.82) is 5.26 Å². The van der Waals surface area contributed by atoms with Gasteiger partial charge >= 0.3 is 0 Å². The molecule has 2 aromatic heterocycles. The van der Waals surface area contributed by atoms with Crippen LogP contribution in [0.1, 0.15) is 59.5 Å². The third-order valence-electron chi connectivity index (χ3n) is 7.21. The summed E-state index contributed by atoms with van der Waals surface area (Å²) in [5, 5.41) is 14.5. The number of anilines is 1. The summed E-state index contributed by atoms with van der Waals surface area (Å²) in [5.74, 6) is 0.945. The smallest absolute Gasteiger partial charge is 0.257 e. The summed E-state index contributed by atoms with van der Waals surface area (Å²) in [5.41, 5.74) is 6.35. The lowest BCUT2D eigenvalue weighted by molar-refractivity contribution is 0.102. The predicted molar refractivity (Wildman–Crippen MR) is 164 cm³/mol. The Balaban J connectivity index is 1.53. The van der Waals surface area contributed by atoms with Crippen LogP contribution in [0.2, 0.25) is 0 Å². The van der Waals surface area contributed by atoms with Gasteiger partial charge in [-0.25, -0.2) is 4.98 Å². The maximum Gasteiger partial charge on any atom is 0.257 e. The van der Waals surface area contributed by atoms with Crippen molar-refractivity contribution in [2.24, 2.45) is 0 Å². The molecule has 5 aromatic rings. The van der Waals surface area contributed by atoms with Crippen LogP contribution in [-0.2, 0) is 0 Å². The SMILES string of the molecule is CCOc1cccc(-c2cc(C(=O)Nc3sc(C)c(-c4ccc(C(C)CC)cc4)c3C#N)c3ccccc3n2)c1. The summed E-state index contributed by atoms with van der Waals surface area (Å²) in [4.78, 5) is 19.6. The summed E-state index contributed by atoms with van der Waals surface area (Å²) in [6.07, 6.45) is 1.07. The third kappa shape index (κ3) is 5.34. The molecule has 2 heterocycles. The van der Waals surface area contributed by atoms with Gasteiger partial charge in [-0.2, -0.15) is 5.26 Å². The number of aromatic nitrogens is 1. The number of amides is 1. The van der Waals surface area contributed by atoms with Gasteiger partial charge in [0.15, 0.2) is 0 Å². The van der Waals surface area contributed by atoms with Gasteiger partial charge in [0.05, 0.1) is 28.9 Å². The molecule has 1 unspecified atom stereocenters. The van der Waals surface area contributed by atoms with Crippen molar-refractivity contribution < 1.29 is 9.53 Å². The topological polar surface area (TPSA) is 75.0 Å². The van der Waals surface area contributed by atoms with E-state index in [1.54, 1.807) is 0 Å². The Morgan fingerprint density at radius 1 is 1.02 bits per heavy atom. The summed E-state index contributed by atoms with van der Waals surface area (Å²) < 4.78 is 5.68. The van der Waals surface area contributed by atoms with Crippen LogP contribution < -0.4 is 10.1 Å². The second kappa shape index (κ2) is 11.7. The molecule has 0 saturated carbocycles. The van der Waals surface area contributed by atoms with E-state index in [-0.39, 0.29) is 5.91 Å². The van der Waals surface area contributed by atoms with Crippen LogP contribution in [0.3, 0.4) is 0 Å². The zero-order chi connectivity index (χ0) is 28.2. The molecule has 1 N–H and O–H groups in total. The van der Waals surface area contributed by atoms with E-state index in [2.05, 4.69) is 49.5 Å². The first kappa shape index (κ1) is 27.1. The van der Waals surface area contributed by atoms with E-state index < -0.39 is 0 Å². The van der Waals surface area contributed by atoms with Crippen LogP contribution in [0.15, 0.2) is 78.9 Å². The maximum atomic E-state index is 13.8. The molecule has 0 aliphatic rings. The fourth-order valence-electron chi connectivity index (χ4n) is 4.89. The average molecular weight is 546 g/mol. The maximum absolute atomic E-state index is 13.8. The van der Waals surface area contributed by atoms with Crippen LogP contribution in [-0.4, -0.2) is 17.5 Å². The van der Waals surface area contributed by atoms with Gasteiger partial charge in [-0.1, -0.05) is 68.4 Å². The van der Waals surface area contributed by atoms with Gasteiger partial charge in [0, 0.05) is 21.4 Å². The molecule has 0 bridgehead atoms. The summed E-state index contributed by atoms with van der Waals surface area (Å²) in [6.45, 7) is 8.89. The van der Waals surface area contributed by atoms with Crippen LogP contribution >= 0.6 is 11.3 Å². The van der Waals surface area contributed by atoms with Crippen LogP contribution in [0.5, 0.6) is 5.75 Å². The molecule has 0 aliphatic heterocycles. The highest BCUT2D eigenvalue weighted by Crippen LogP contribution is 2.40. The Kier molecular flexibility index (Phi) is 7.95. The first-order chi connectivity index (χ1) is 19.4. The van der Waals surface area contributed by atoms with E-state index in [4.69, 9.17) is 9.72 Å². The number of thiophene rings is 1. The Bertz CT molecular complexity index is 1730. The van der Waals surface area contributed by atoms with Gasteiger partial charge in [0.1, 0.15) is 16.8 Å². The van der Waals surface area contributed by atoms with E-state index in [0.717, 1.165) is 44.6 Å². The predicted octanol–water partition coefficient (Wildman–Crippen LogP) is 8.97. The number of ether oxygens (including phenoxy) is 1. The van der Waals surface area contributed by atoms with E-state index >= 15 is 0 Å². The number of fused-ring (bicyclic) bond motifs is 1. The number of para-hydroxylation sites is 1. The zero-order valence-corrected chi connectivity index (χ0v) is 23.9. The number of benzene rings is 3. The van der Waals surface area contributed by atoms with Gasteiger partial charge in [0.2, 0.25) is 0 Å². The molecule has 0 radical (unpaired) electrons. The first-order valence-electron chi connectivity index (χ1n) is 13.5. The standard InChI is InChI=1S/C34H31N3O2S/c1-5-21(3)23-14-16-24(17-15-23)32-22(4)40-34(29(32)20-35)37-33(38)28-19-31(36-30-13-8-7-12-27(28)30)25-10-9-11-26(18-25)39-6-2/h7-19,21H,5-6H2,1-4H3,(H,37,38). The van der Waals surface area contributed by atoms with E-state index in [0.29, 0.717) is 34.3 Å². The monoisotopic (exact) mass is 545 g/mol. The minimum Gasteiger partial charge on any atom is -0.494 e. The minimum atomic E-state index is -0.280. The lowest BCUT2D eigenvalue weighted by Gasteiger charge is -2.11. The van der Waals surface area contributed by atoms with Crippen LogP contribution in [0, 0.1) is 18.3 Å². The molecule has 5 nitrogen and oxygen atoms in total. The number of rotatable bonds is 8. The molecule has 0 saturated heterocycles.